The summed E-state index contributed by atoms with van der Waals surface area (Å²) in [6.45, 7) is 3.45. The number of benzene rings is 1. The fourth-order valence-corrected chi connectivity index (χ4v) is 5.56. The van der Waals surface area contributed by atoms with Crippen molar-refractivity contribution >= 4 is 39.2 Å². The lowest BCUT2D eigenvalue weighted by atomic mass is 10.1. The number of nitrogens with one attached hydrogen (secondary N) is 2. The molecule has 1 atom stereocenters. The van der Waals surface area contributed by atoms with Crippen LogP contribution in [0.3, 0.4) is 0 Å². The Morgan fingerprint density at radius 1 is 1.17 bits per heavy atom. The SMILES string of the molecule is Cc1ccc(Nc2ccnc(N3CCC(N[S+](=O)([O-])c4cccs4)CC3)n2)cc1. The van der Waals surface area contributed by atoms with Crippen LogP contribution in [-0.2, 0) is 14.6 Å². The van der Waals surface area contributed by atoms with E-state index in [1.807, 2.05) is 30.3 Å². The van der Waals surface area contributed by atoms with Gasteiger partial charge in [-0.2, -0.15) is 4.98 Å². The Kier molecular flexibility index (Phi) is 5.91. The van der Waals surface area contributed by atoms with Gasteiger partial charge in [-0.1, -0.05) is 33.2 Å². The Morgan fingerprint density at radius 2 is 1.93 bits per heavy atom. The Balaban J connectivity index is 1.36. The molecule has 1 aliphatic rings. The number of aromatic nitrogens is 2. The van der Waals surface area contributed by atoms with Gasteiger partial charge in [-0.3, -0.25) is 0 Å². The molecule has 0 saturated carbocycles. The molecule has 3 aromatic rings. The minimum absolute atomic E-state index is 0.0767. The molecule has 1 aliphatic heterocycles. The molecule has 1 unspecified atom stereocenters. The van der Waals surface area contributed by atoms with Gasteiger partial charge in [0, 0.05) is 31.0 Å². The van der Waals surface area contributed by atoms with Crippen LogP contribution in [0.25, 0.3) is 0 Å². The van der Waals surface area contributed by atoms with Gasteiger partial charge in [-0.15, -0.1) is 4.72 Å². The van der Waals surface area contributed by atoms with E-state index in [2.05, 4.69) is 31.8 Å². The number of aryl methyl sites for hydroxylation is 1. The highest BCUT2D eigenvalue weighted by atomic mass is 32.3. The van der Waals surface area contributed by atoms with Crippen LogP contribution in [-0.4, -0.2) is 33.7 Å². The average molecular weight is 430 g/mol. The fourth-order valence-electron chi connectivity index (χ4n) is 3.25. The molecule has 152 valence electrons. The summed E-state index contributed by atoms with van der Waals surface area (Å²) in [6.07, 6.45) is 3.16. The summed E-state index contributed by atoms with van der Waals surface area (Å²) in [4.78, 5) is 11.1. The zero-order chi connectivity index (χ0) is 20.3. The summed E-state index contributed by atoms with van der Waals surface area (Å²) in [5.74, 6) is 1.39. The maximum absolute atomic E-state index is 12.4. The van der Waals surface area contributed by atoms with E-state index in [4.69, 9.17) is 0 Å². The lowest BCUT2D eigenvalue weighted by Crippen LogP contribution is -2.46. The summed E-state index contributed by atoms with van der Waals surface area (Å²) in [5.41, 5.74) is 2.18. The molecule has 0 bridgehead atoms. The Bertz CT molecular complexity index is 986. The van der Waals surface area contributed by atoms with Crippen LogP contribution in [0.1, 0.15) is 18.4 Å². The van der Waals surface area contributed by atoms with Crippen LogP contribution in [0, 0.1) is 6.92 Å². The number of piperidine rings is 1. The van der Waals surface area contributed by atoms with Crippen molar-refractivity contribution in [2.45, 2.75) is 30.0 Å². The summed E-state index contributed by atoms with van der Waals surface area (Å²) in [6, 6.07) is 13.3. The molecule has 1 saturated heterocycles. The van der Waals surface area contributed by atoms with E-state index in [9.17, 15) is 8.76 Å². The van der Waals surface area contributed by atoms with Gasteiger partial charge in [0.15, 0.2) is 10.4 Å². The lowest BCUT2D eigenvalue weighted by Gasteiger charge is -2.32. The summed E-state index contributed by atoms with van der Waals surface area (Å²) < 4.78 is 28.0. The van der Waals surface area contributed by atoms with Crippen LogP contribution >= 0.6 is 11.3 Å². The number of rotatable bonds is 6. The summed E-state index contributed by atoms with van der Waals surface area (Å²) >= 11 is 1.23. The third-order valence-corrected chi connectivity index (χ3v) is 7.74. The number of hydrogen-bond acceptors (Lipinski definition) is 7. The second-order valence-corrected chi connectivity index (χ2v) is 9.94. The van der Waals surface area contributed by atoms with Crippen molar-refractivity contribution in [3.8, 4) is 0 Å². The molecule has 1 fully saturated rings. The molecule has 1 aromatic carbocycles. The summed E-state index contributed by atoms with van der Waals surface area (Å²) in [5, 5.41) is 5.07. The average Bonchev–Trinajstić information content (AvgIpc) is 3.26. The number of nitrogens with zero attached hydrogens (tertiary/aromatic N) is 3. The Labute approximate surface area is 175 Å². The molecule has 4 rings (SSSR count). The largest absolute Gasteiger partial charge is 0.592 e. The van der Waals surface area contributed by atoms with Gasteiger partial charge in [0.25, 0.3) is 0 Å². The standard InChI is InChI=1S/C20H23N5O2S2/c1-15-4-6-16(7-5-15)22-18-8-11-21-20(23-18)25-12-9-17(10-13-25)24-29(26,27)19-3-2-14-28-19/h2-8,11,14,17H,9-10,12-13H2,1H3,(H2-,21,22,23,24,26,27). The first kappa shape index (κ1) is 20.0. The van der Waals surface area contributed by atoms with Crippen molar-refractivity contribution in [1.82, 2.24) is 14.7 Å². The number of anilines is 3. The van der Waals surface area contributed by atoms with Gasteiger partial charge in [-0.25, -0.2) is 4.98 Å². The molecule has 9 heteroatoms. The third kappa shape index (κ3) is 4.99. The lowest BCUT2D eigenvalue weighted by molar-refractivity contribution is 0.418. The third-order valence-electron chi connectivity index (χ3n) is 4.83. The number of thiophene rings is 1. The molecule has 29 heavy (non-hydrogen) atoms. The van der Waals surface area contributed by atoms with Crippen LogP contribution < -0.4 is 14.9 Å². The van der Waals surface area contributed by atoms with E-state index < -0.39 is 10.4 Å². The van der Waals surface area contributed by atoms with Crippen LogP contribution in [0.4, 0.5) is 17.5 Å². The van der Waals surface area contributed by atoms with Crippen LogP contribution in [0.2, 0.25) is 0 Å². The number of hydrogen-bond donors (Lipinski definition) is 2. The van der Waals surface area contributed by atoms with E-state index in [-0.39, 0.29) is 6.04 Å². The minimum atomic E-state index is -3.43. The van der Waals surface area contributed by atoms with Gasteiger partial charge in [0.2, 0.25) is 10.2 Å². The monoisotopic (exact) mass is 429 g/mol. The predicted molar refractivity (Wildman–Crippen MR) is 116 cm³/mol. The van der Waals surface area contributed by atoms with E-state index >= 15 is 0 Å². The first-order valence-electron chi connectivity index (χ1n) is 9.47. The van der Waals surface area contributed by atoms with Crippen LogP contribution in [0.15, 0.2) is 58.3 Å². The molecule has 2 N–H and O–H groups in total. The number of sulfonamides is 1. The highest BCUT2D eigenvalue weighted by Crippen LogP contribution is 2.24. The van der Waals surface area contributed by atoms with Crippen LogP contribution in [0.5, 0.6) is 0 Å². The molecule has 3 heterocycles. The fraction of sp³-hybridized carbons (Fsp3) is 0.300. The summed E-state index contributed by atoms with van der Waals surface area (Å²) in [7, 11) is -3.43. The smallest absolute Gasteiger partial charge is 0.228 e. The Hall–Kier alpha value is -2.33. The first-order chi connectivity index (χ1) is 14.0. The van der Waals surface area contributed by atoms with Crippen molar-refractivity contribution in [1.29, 1.82) is 0 Å². The first-order valence-corrected chi connectivity index (χ1v) is 11.8. The van der Waals surface area contributed by atoms with E-state index in [1.165, 1.54) is 16.9 Å². The van der Waals surface area contributed by atoms with E-state index in [0.29, 0.717) is 36.1 Å². The van der Waals surface area contributed by atoms with Crippen molar-refractivity contribution in [3.63, 3.8) is 0 Å². The zero-order valence-electron chi connectivity index (χ0n) is 16.1. The van der Waals surface area contributed by atoms with Crippen molar-refractivity contribution < 1.29 is 8.76 Å². The molecule has 0 spiro atoms. The molecular weight excluding hydrogens is 406 g/mol. The zero-order valence-corrected chi connectivity index (χ0v) is 17.7. The maximum Gasteiger partial charge on any atom is 0.228 e. The molecule has 0 radical (unpaired) electrons. The molecular formula is C20H23N5O2S2. The minimum Gasteiger partial charge on any atom is -0.592 e. The van der Waals surface area contributed by atoms with Crippen molar-refractivity contribution in [2.75, 3.05) is 23.3 Å². The molecule has 0 amide bonds. The van der Waals surface area contributed by atoms with Gasteiger partial charge >= 0.3 is 0 Å². The van der Waals surface area contributed by atoms with E-state index in [1.54, 1.807) is 23.7 Å². The topological polar surface area (TPSA) is 93.2 Å². The van der Waals surface area contributed by atoms with Gasteiger partial charge < -0.3 is 14.8 Å². The molecule has 0 aliphatic carbocycles. The van der Waals surface area contributed by atoms with E-state index in [0.717, 1.165) is 11.5 Å². The molecule has 7 nitrogen and oxygen atoms in total. The van der Waals surface area contributed by atoms with Gasteiger partial charge in [0.1, 0.15) is 5.82 Å². The normalized spacial score (nSPS) is 17.1. The second kappa shape index (κ2) is 8.58. The van der Waals surface area contributed by atoms with Crippen molar-refractivity contribution in [3.05, 3.63) is 59.6 Å². The molecule has 2 aromatic heterocycles. The predicted octanol–water partition coefficient (Wildman–Crippen LogP) is 3.75. The van der Waals surface area contributed by atoms with Gasteiger partial charge in [0.05, 0.1) is 6.04 Å². The quantitative estimate of drug-likeness (QED) is 0.580. The maximum atomic E-state index is 12.4. The van der Waals surface area contributed by atoms with Gasteiger partial charge in [-0.05, 0) is 49.4 Å². The highest BCUT2D eigenvalue weighted by Gasteiger charge is 2.29. The Morgan fingerprint density at radius 3 is 2.62 bits per heavy atom. The van der Waals surface area contributed by atoms with Crippen molar-refractivity contribution in [2.24, 2.45) is 0 Å². The second-order valence-electron chi connectivity index (χ2n) is 7.05. The highest BCUT2D eigenvalue weighted by molar-refractivity contribution is 7.97.